The Morgan fingerprint density at radius 1 is 1.56 bits per heavy atom. The number of hydrogen-bond donors (Lipinski definition) is 1. The lowest BCUT2D eigenvalue weighted by molar-refractivity contribution is 0.154. The molecule has 1 aromatic rings. The highest BCUT2D eigenvalue weighted by atomic mass is 32.1. The Labute approximate surface area is 102 Å². The molecule has 0 radical (unpaired) electrons. The molecule has 1 aromatic heterocycles. The zero-order valence-corrected chi connectivity index (χ0v) is 11.1. The van der Waals surface area contributed by atoms with Crippen LogP contribution in [0.4, 0.5) is 0 Å². The van der Waals surface area contributed by atoms with E-state index in [0.29, 0.717) is 5.92 Å². The van der Waals surface area contributed by atoms with Crippen LogP contribution in [0, 0.1) is 5.92 Å². The summed E-state index contributed by atoms with van der Waals surface area (Å²) >= 11 is 1.81. The minimum atomic E-state index is 0.169. The van der Waals surface area contributed by atoms with Crippen molar-refractivity contribution in [1.82, 2.24) is 10.3 Å². The standard InChI is InChI=1S/C13H22N2S/c1-3-8-15-13(12-14-9-10-16-12)7-5-4-6-11(13)2/h9-11,15H,3-8H2,1-2H3. The van der Waals surface area contributed by atoms with Crippen molar-refractivity contribution in [2.24, 2.45) is 5.92 Å². The van der Waals surface area contributed by atoms with Gasteiger partial charge in [-0.1, -0.05) is 26.7 Å². The summed E-state index contributed by atoms with van der Waals surface area (Å²) in [5.74, 6) is 0.707. The molecule has 16 heavy (non-hydrogen) atoms. The average Bonchev–Trinajstić information content (AvgIpc) is 2.82. The predicted octanol–water partition coefficient (Wildman–Crippen LogP) is 3.55. The lowest BCUT2D eigenvalue weighted by Gasteiger charge is -2.42. The van der Waals surface area contributed by atoms with Gasteiger partial charge in [0.05, 0.1) is 5.54 Å². The highest BCUT2D eigenvalue weighted by Crippen LogP contribution is 2.42. The van der Waals surface area contributed by atoms with Gasteiger partial charge in [-0.05, 0) is 31.7 Å². The summed E-state index contributed by atoms with van der Waals surface area (Å²) in [6.45, 7) is 5.71. The first kappa shape index (κ1) is 12.1. The second-order valence-electron chi connectivity index (χ2n) is 4.88. The largest absolute Gasteiger partial charge is 0.305 e. The lowest BCUT2D eigenvalue weighted by Crippen LogP contribution is -2.49. The molecular formula is C13H22N2S. The van der Waals surface area contributed by atoms with Gasteiger partial charge in [0, 0.05) is 11.6 Å². The van der Waals surface area contributed by atoms with E-state index in [4.69, 9.17) is 0 Å². The fraction of sp³-hybridized carbons (Fsp3) is 0.769. The molecule has 1 fully saturated rings. The first-order valence-electron chi connectivity index (χ1n) is 6.44. The molecule has 2 unspecified atom stereocenters. The van der Waals surface area contributed by atoms with Gasteiger partial charge in [0.15, 0.2) is 0 Å². The summed E-state index contributed by atoms with van der Waals surface area (Å²) in [6, 6.07) is 0. The van der Waals surface area contributed by atoms with Crippen LogP contribution in [0.1, 0.15) is 51.0 Å². The van der Waals surface area contributed by atoms with Gasteiger partial charge in [-0.25, -0.2) is 4.98 Å². The van der Waals surface area contributed by atoms with Crippen LogP contribution < -0.4 is 5.32 Å². The van der Waals surface area contributed by atoms with Gasteiger partial charge in [-0.3, -0.25) is 0 Å². The molecule has 1 N–H and O–H groups in total. The van der Waals surface area contributed by atoms with Crippen molar-refractivity contribution in [1.29, 1.82) is 0 Å². The van der Waals surface area contributed by atoms with Gasteiger partial charge in [0.1, 0.15) is 5.01 Å². The fourth-order valence-electron chi connectivity index (χ4n) is 2.79. The van der Waals surface area contributed by atoms with E-state index in [1.165, 1.54) is 37.1 Å². The van der Waals surface area contributed by atoms with Crippen molar-refractivity contribution < 1.29 is 0 Å². The summed E-state index contributed by atoms with van der Waals surface area (Å²) in [4.78, 5) is 4.57. The molecule has 90 valence electrons. The first-order chi connectivity index (χ1) is 7.79. The average molecular weight is 238 g/mol. The minimum absolute atomic E-state index is 0.169. The molecule has 0 amide bonds. The topological polar surface area (TPSA) is 24.9 Å². The number of aromatic nitrogens is 1. The number of thiazole rings is 1. The van der Waals surface area contributed by atoms with Crippen LogP contribution in [0.25, 0.3) is 0 Å². The van der Waals surface area contributed by atoms with Crippen LogP contribution >= 0.6 is 11.3 Å². The van der Waals surface area contributed by atoms with E-state index in [1.807, 2.05) is 17.5 Å². The Balaban J connectivity index is 2.24. The first-order valence-corrected chi connectivity index (χ1v) is 7.32. The third-order valence-electron chi connectivity index (χ3n) is 3.80. The third-order valence-corrected chi connectivity index (χ3v) is 4.75. The zero-order chi connectivity index (χ0) is 11.4. The molecule has 0 spiro atoms. The van der Waals surface area contributed by atoms with Gasteiger partial charge >= 0.3 is 0 Å². The zero-order valence-electron chi connectivity index (χ0n) is 10.3. The van der Waals surface area contributed by atoms with Crippen molar-refractivity contribution in [3.05, 3.63) is 16.6 Å². The molecule has 1 saturated carbocycles. The molecule has 2 nitrogen and oxygen atoms in total. The SMILES string of the molecule is CCCNC1(c2nccs2)CCCCC1C. The second kappa shape index (κ2) is 5.28. The molecule has 0 bridgehead atoms. The Bertz CT molecular complexity index is 310. The summed E-state index contributed by atoms with van der Waals surface area (Å²) in [5.41, 5.74) is 0.169. The van der Waals surface area contributed by atoms with Crippen LogP contribution in [0.3, 0.4) is 0 Å². The van der Waals surface area contributed by atoms with Crippen molar-refractivity contribution in [2.75, 3.05) is 6.54 Å². The van der Waals surface area contributed by atoms with Gasteiger partial charge in [0.2, 0.25) is 0 Å². The van der Waals surface area contributed by atoms with E-state index in [2.05, 4.69) is 29.5 Å². The summed E-state index contributed by atoms with van der Waals surface area (Å²) in [7, 11) is 0. The van der Waals surface area contributed by atoms with E-state index in [-0.39, 0.29) is 5.54 Å². The molecule has 2 rings (SSSR count). The Morgan fingerprint density at radius 3 is 3.06 bits per heavy atom. The van der Waals surface area contributed by atoms with E-state index < -0.39 is 0 Å². The van der Waals surface area contributed by atoms with Gasteiger partial charge in [0.25, 0.3) is 0 Å². The molecular weight excluding hydrogens is 216 g/mol. The smallest absolute Gasteiger partial charge is 0.113 e. The quantitative estimate of drug-likeness (QED) is 0.867. The van der Waals surface area contributed by atoms with E-state index in [9.17, 15) is 0 Å². The van der Waals surface area contributed by atoms with Crippen LogP contribution in [-0.4, -0.2) is 11.5 Å². The van der Waals surface area contributed by atoms with Crippen molar-refractivity contribution >= 4 is 11.3 Å². The maximum atomic E-state index is 4.57. The molecule has 0 saturated heterocycles. The second-order valence-corrected chi connectivity index (χ2v) is 5.78. The Morgan fingerprint density at radius 2 is 2.44 bits per heavy atom. The Kier molecular flexibility index (Phi) is 3.98. The minimum Gasteiger partial charge on any atom is -0.305 e. The third kappa shape index (κ3) is 2.16. The number of rotatable bonds is 4. The number of hydrogen-bond acceptors (Lipinski definition) is 3. The highest BCUT2D eigenvalue weighted by molar-refractivity contribution is 7.09. The van der Waals surface area contributed by atoms with Gasteiger partial charge in [-0.2, -0.15) is 0 Å². The normalized spacial score (nSPS) is 30.5. The highest BCUT2D eigenvalue weighted by Gasteiger charge is 2.41. The summed E-state index contributed by atoms with van der Waals surface area (Å²) in [5, 5.41) is 7.19. The van der Waals surface area contributed by atoms with Crippen molar-refractivity contribution in [3.63, 3.8) is 0 Å². The molecule has 3 heteroatoms. The van der Waals surface area contributed by atoms with Gasteiger partial charge < -0.3 is 5.32 Å². The van der Waals surface area contributed by atoms with E-state index in [0.717, 1.165) is 6.54 Å². The molecule has 2 atom stereocenters. The number of nitrogens with one attached hydrogen (secondary N) is 1. The maximum absolute atomic E-state index is 4.57. The van der Waals surface area contributed by atoms with Crippen molar-refractivity contribution in [2.45, 2.75) is 51.5 Å². The Hall–Kier alpha value is -0.410. The lowest BCUT2D eigenvalue weighted by atomic mass is 9.74. The van der Waals surface area contributed by atoms with Crippen LogP contribution in [-0.2, 0) is 5.54 Å². The van der Waals surface area contributed by atoms with E-state index >= 15 is 0 Å². The molecule has 1 heterocycles. The predicted molar refractivity (Wildman–Crippen MR) is 69.7 cm³/mol. The van der Waals surface area contributed by atoms with Crippen molar-refractivity contribution in [3.8, 4) is 0 Å². The molecule has 0 aromatic carbocycles. The van der Waals surface area contributed by atoms with Crippen LogP contribution in [0.2, 0.25) is 0 Å². The monoisotopic (exact) mass is 238 g/mol. The summed E-state index contributed by atoms with van der Waals surface area (Å²) in [6.07, 6.45) is 8.43. The molecule has 1 aliphatic rings. The van der Waals surface area contributed by atoms with Gasteiger partial charge in [-0.15, -0.1) is 11.3 Å². The fourth-order valence-corrected chi connectivity index (χ4v) is 3.75. The summed E-state index contributed by atoms with van der Waals surface area (Å²) < 4.78 is 0. The van der Waals surface area contributed by atoms with E-state index in [1.54, 1.807) is 0 Å². The van der Waals surface area contributed by atoms with Crippen LogP contribution in [0.15, 0.2) is 11.6 Å². The molecule has 0 aliphatic heterocycles. The maximum Gasteiger partial charge on any atom is 0.113 e. The number of nitrogens with zero attached hydrogens (tertiary/aromatic N) is 1. The van der Waals surface area contributed by atoms with Crippen LogP contribution in [0.5, 0.6) is 0 Å². The molecule has 1 aliphatic carbocycles.